The Balaban J connectivity index is 1.23. The molecule has 336 valence electrons. The minimum Gasteiger partial charge on any atom is -0.311 e. The molecule has 0 atom stereocenters. The third kappa shape index (κ3) is 6.27. The third-order valence-corrected chi connectivity index (χ3v) is 17.9. The predicted molar refractivity (Wildman–Crippen MR) is 293 cm³/mol. The highest BCUT2D eigenvalue weighted by Crippen LogP contribution is 2.55. The van der Waals surface area contributed by atoms with Gasteiger partial charge in [0.25, 0.3) is 6.71 Å². The van der Waals surface area contributed by atoms with Gasteiger partial charge in [-0.05, 0) is 175 Å². The fraction of sp³-hybridized carbons (Fsp3) is 0.333. The summed E-state index contributed by atoms with van der Waals surface area (Å²) in [5.41, 5.74) is 24.7. The van der Waals surface area contributed by atoms with Crippen LogP contribution in [0, 0.1) is 13.8 Å². The second kappa shape index (κ2) is 14.0. The first kappa shape index (κ1) is 42.8. The number of anilines is 6. The average Bonchev–Trinajstić information content (AvgIpc) is 3.72. The number of hydrogen-bond donors (Lipinski definition) is 0. The molecule has 2 nitrogen and oxygen atoms in total. The summed E-state index contributed by atoms with van der Waals surface area (Å²) in [5.74, 6) is 0. The van der Waals surface area contributed by atoms with Gasteiger partial charge in [-0.3, -0.25) is 0 Å². The summed E-state index contributed by atoms with van der Waals surface area (Å²) in [5, 5.41) is 2.70. The average molecular weight is 893 g/mol. The van der Waals surface area contributed by atoms with Gasteiger partial charge in [0, 0.05) is 48.8 Å². The Morgan fingerprint density at radius 3 is 1.75 bits per heavy atom. The largest absolute Gasteiger partial charge is 0.311 e. The van der Waals surface area contributed by atoms with E-state index in [0.717, 1.165) is 6.42 Å². The van der Waals surface area contributed by atoms with Crippen molar-refractivity contribution in [3.8, 4) is 11.1 Å². The van der Waals surface area contributed by atoms with Crippen LogP contribution in [0.5, 0.6) is 0 Å². The molecule has 0 unspecified atom stereocenters. The molecule has 8 aromatic rings. The van der Waals surface area contributed by atoms with Crippen LogP contribution in [0.15, 0.2) is 121 Å². The van der Waals surface area contributed by atoms with E-state index in [9.17, 15) is 0 Å². The minimum absolute atomic E-state index is 0.0119. The van der Waals surface area contributed by atoms with E-state index in [4.69, 9.17) is 0 Å². The van der Waals surface area contributed by atoms with Crippen molar-refractivity contribution < 1.29 is 0 Å². The van der Waals surface area contributed by atoms with E-state index in [1.54, 1.807) is 0 Å². The SMILES string of the molecule is Cc1cc2c3c(c1)N(c1ccc(C(C)(C)C)cc1-c1ccccc1)c1cc4sc5ccccc5c4cc1B3c1cc3c(cc1N2c1cc2c(cc1C)C(C)(C)CCC2(C)C)C(C)(C)CC3(C)C. The van der Waals surface area contributed by atoms with Gasteiger partial charge in [0.2, 0.25) is 0 Å². The lowest BCUT2D eigenvalue weighted by Gasteiger charge is -2.47. The number of fused-ring (bicyclic) bond motifs is 9. The highest BCUT2D eigenvalue weighted by Gasteiger charge is 2.49. The molecule has 0 saturated heterocycles. The lowest BCUT2D eigenvalue weighted by Crippen LogP contribution is -2.61. The zero-order valence-corrected chi connectivity index (χ0v) is 42.9. The van der Waals surface area contributed by atoms with E-state index in [1.807, 2.05) is 11.3 Å². The summed E-state index contributed by atoms with van der Waals surface area (Å²) < 4.78 is 2.67. The number of benzene rings is 7. The molecule has 4 heteroatoms. The topological polar surface area (TPSA) is 6.48 Å². The zero-order valence-electron chi connectivity index (χ0n) is 42.0. The van der Waals surface area contributed by atoms with Crippen molar-refractivity contribution in [2.45, 2.75) is 136 Å². The van der Waals surface area contributed by atoms with E-state index in [-0.39, 0.29) is 33.8 Å². The van der Waals surface area contributed by atoms with Crippen molar-refractivity contribution in [1.82, 2.24) is 0 Å². The van der Waals surface area contributed by atoms with E-state index < -0.39 is 0 Å². The zero-order chi connectivity index (χ0) is 46.9. The summed E-state index contributed by atoms with van der Waals surface area (Å²) >= 11 is 1.93. The van der Waals surface area contributed by atoms with E-state index in [2.05, 4.69) is 221 Å². The van der Waals surface area contributed by atoms with Gasteiger partial charge < -0.3 is 9.80 Å². The molecule has 12 rings (SSSR count). The maximum Gasteiger partial charge on any atom is 0.252 e. The summed E-state index contributed by atoms with van der Waals surface area (Å²) in [7, 11) is 0. The molecule has 4 aliphatic rings. The van der Waals surface area contributed by atoms with Gasteiger partial charge in [-0.15, -0.1) is 11.3 Å². The maximum atomic E-state index is 2.73. The fourth-order valence-corrected chi connectivity index (χ4v) is 14.4. The fourth-order valence-electron chi connectivity index (χ4n) is 13.3. The van der Waals surface area contributed by atoms with E-state index in [0.29, 0.717) is 0 Å². The lowest BCUT2D eigenvalue weighted by molar-refractivity contribution is 0.332. The van der Waals surface area contributed by atoms with Crippen molar-refractivity contribution in [3.63, 3.8) is 0 Å². The molecule has 1 aromatic heterocycles. The highest BCUT2D eigenvalue weighted by molar-refractivity contribution is 7.26. The molecule has 3 heterocycles. The van der Waals surface area contributed by atoms with Crippen LogP contribution in [0.25, 0.3) is 31.3 Å². The van der Waals surface area contributed by atoms with Crippen LogP contribution in [-0.4, -0.2) is 6.71 Å². The first-order chi connectivity index (χ1) is 31.6. The number of hydrogen-bond acceptors (Lipinski definition) is 3. The van der Waals surface area contributed by atoms with Crippen molar-refractivity contribution in [2.24, 2.45) is 0 Å². The van der Waals surface area contributed by atoms with Crippen molar-refractivity contribution in [2.75, 3.05) is 9.80 Å². The van der Waals surface area contributed by atoms with Crippen LogP contribution < -0.4 is 26.2 Å². The second-order valence-corrected chi connectivity index (χ2v) is 25.6. The number of rotatable bonds is 3. The Kier molecular flexibility index (Phi) is 8.94. The summed E-state index contributed by atoms with van der Waals surface area (Å²) in [6, 6.07) is 48.2. The molecule has 0 amide bonds. The normalized spacial score (nSPS) is 18.1. The van der Waals surface area contributed by atoms with Gasteiger partial charge >= 0.3 is 0 Å². The second-order valence-electron chi connectivity index (χ2n) is 24.5. The van der Waals surface area contributed by atoms with Crippen LogP contribution >= 0.6 is 11.3 Å². The molecule has 7 aromatic carbocycles. The molecule has 67 heavy (non-hydrogen) atoms. The Labute approximate surface area is 404 Å². The minimum atomic E-state index is -0.0119. The van der Waals surface area contributed by atoms with Gasteiger partial charge in [-0.1, -0.05) is 149 Å². The van der Waals surface area contributed by atoms with E-state index in [1.165, 1.54) is 134 Å². The first-order valence-electron chi connectivity index (χ1n) is 24.9. The number of nitrogens with zero attached hydrogens (tertiary/aromatic N) is 2. The Hall–Kier alpha value is -5.58. The van der Waals surface area contributed by atoms with Crippen molar-refractivity contribution in [3.05, 3.63) is 160 Å². The van der Waals surface area contributed by atoms with Gasteiger partial charge in [0.15, 0.2) is 0 Å². The Bertz CT molecular complexity index is 3410. The van der Waals surface area contributed by atoms with E-state index >= 15 is 0 Å². The Morgan fingerprint density at radius 1 is 0.493 bits per heavy atom. The third-order valence-electron chi connectivity index (χ3n) is 16.8. The molecule has 0 bridgehead atoms. The van der Waals surface area contributed by atoms with Gasteiger partial charge in [0.1, 0.15) is 0 Å². The van der Waals surface area contributed by atoms with Crippen molar-refractivity contribution in [1.29, 1.82) is 0 Å². The molecule has 0 radical (unpaired) electrons. The highest BCUT2D eigenvalue weighted by atomic mass is 32.1. The molecule has 0 fully saturated rings. The summed E-state index contributed by atoms with van der Waals surface area (Å²) in [4.78, 5) is 5.40. The molecule has 0 N–H and O–H groups in total. The standard InChI is InChI=1S/C63H65BN2S/c1-37-27-54-58-55(28-37)66(51-33-46-44(29-38(51)2)60(6,7)25-26-61(46,8)9)52-34-47-45(62(10,11)36-63(47,12)13)32-49(52)64(58)48-31-43-41-21-17-18-22-56(41)67-57(43)35-53(48)65(54)50-24-23-40(59(3,4)5)30-42(50)39-19-15-14-16-20-39/h14-24,27-35H,25-26,36H2,1-13H3. The van der Waals surface area contributed by atoms with Crippen LogP contribution in [0.4, 0.5) is 34.1 Å². The quantitative estimate of drug-likeness (QED) is 0.163. The predicted octanol–water partition coefficient (Wildman–Crippen LogP) is 16.0. The van der Waals surface area contributed by atoms with Gasteiger partial charge in [0.05, 0.1) is 5.69 Å². The molecular formula is C63H65BN2S. The summed E-state index contributed by atoms with van der Waals surface area (Å²) in [6.07, 6.45) is 3.51. The maximum absolute atomic E-state index is 2.73. The number of thiophene rings is 1. The summed E-state index contributed by atoms with van der Waals surface area (Å²) in [6.45, 7) is 31.5. The molecule has 0 saturated carbocycles. The van der Waals surface area contributed by atoms with Crippen LogP contribution in [-0.2, 0) is 27.1 Å². The molecule has 2 aliphatic heterocycles. The number of aryl methyl sites for hydroxylation is 2. The first-order valence-corrected chi connectivity index (χ1v) is 25.7. The van der Waals surface area contributed by atoms with Crippen LogP contribution in [0.1, 0.15) is 134 Å². The monoisotopic (exact) mass is 892 g/mol. The lowest BCUT2D eigenvalue weighted by atomic mass is 9.33. The van der Waals surface area contributed by atoms with Gasteiger partial charge in [-0.2, -0.15) is 0 Å². The van der Waals surface area contributed by atoms with Gasteiger partial charge in [-0.25, -0.2) is 0 Å². The van der Waals surface area contributed by atoms with Crippen molar-refractivity contribution >= 4 is 88.7 Å². The smallest absolute Gasteiger partial charge is 0.252 e. The molecule has 0 spiro atoms. The van der Waals surface area contributed by atoms with Crippen LogP contribution in [0.3, 0.4) is 0 Å². The Morgan fingerprint density at radius 2 is 1.06 bits per heavy atom. The molecule has 2 aliphatic carbocycles. The molecular weight excluding hydrogens is 828 g/mol. The van der Waals surface area contributed by atoms with Crippen LogP contribution in [0.2, 0.25) is 0 Å².